The van der Waals surface area contributed by atoms with E-state index in [0.717, 1.165) is 34.7 Å². The van der Waals surface area contributed by atoms with Crippen molar-refractivity contribution >= 4 is 22.9 Å². The third-order valence-corrected chi connectivity index (χ3v) is 6.50. The second kappa shape index (κ2) is 9.57. The molecule has 0 spiro atoms. The summed E-state index contributed by atoms with van der Waals surface area (Å²) in [7, 11) is 0. The van der Waals surface area contributed by atoms with Gasteiger partial charge in [0.2, 0.25) is 5.95 Å². The van der Waals surface area contributed by atoms with Crippen molar-refractivity contribution in [3.05, 3.63) is 60.6 Å². The number of nitrogens with zero attached hydrogens (tertiary/aromatic N) is 5. The fourth-order valence-electron chi connectivity index (χ4n) is 4.39. The summed E-state index contributed by atoms with van der Waals surface area (Å²) in [4.78, 5) is 18.8. The van der Waals surface area contributed by atoms with Gasteiger partial charge in [-0.25, -0.2) is 4.98 Å². The summed E-state index contributed by atoms with van der Waals surface area (Å²) in [5.41, 5.74) is 5.01. The molecule has 7 nitrogen and oxygen atoms in total. The second-order valence-electron chi connectivity index (χ2n) is 8.88. The fraction of sp³-hybridized carbons (Fsp3) is 0.385. The van der Waals surface area contributed by atoms with E-state index < -0.39 is 0 Å². The van der Waals surface area contributed by atoms with E-state index in [2.05, 4.69) is 58.3 Å². The smallest absolute Gasteiger partial charge is 0.226 e. The Labute approximate surface area is 194 Å². The van der Waals surface area contributed by atoms with Gasteiger partial charge in [-0.1, -0.05) is 50.1 Å². The quantitative estimate of drug-likeness (QED) is 0.358. The van der Waals surface area contributed by atoms with Gasteiger partial charge in [-0.05, 0) is 43.9 Å². The second-order valence-corrected chi connectivity index (χ2v) is 8.88. The van der Waals surface area contributed by atoms with Gasteiger partial charge < -0.3 is 15.2 Å². The molecule has 1 aliphatic carbocycles. The topological polar surface area (TPSA) is 80.5 Å². The summed E-state index contributed by atoms with van der Waals surface area (Å²) in [6.45, 7) is 4.97. The highest BCUT2D eigenvalue weighted by molar-refractivity contribution is 5.84. The molecule has 5 rings (SSSR count). The summed E-state index contributed by atoms with van der Waals surface area (Å²) in [5.74, 6) is 1.43. The molecule has 3 aromatic heterocycles. The van der Waals surface area contributed by atoms with Crippen molar-refractivity contribution < 1.29 is 0 Å². The number of aromatic nitrogens is 5. The van der Waals surface area contributed by atoms with Gasteiger partial charge >= 0.3 is 0 Å². The molecule has 1 aliphatic rings. The molecule has 33 heavy (non-hydrogen) atoms. The highest BCUT2D eigenvalue weighted by Gasteiger charge is 2.22. The Kier molecular flexibility index (Phi) is 6.19. The molecule has 170 valence electrons. The van der Waals surface area contributed by atoms with Crippen molar-refractivity contribution in [2.75, 3.05) is 10.6 Å². The molecule has 1 saturated carbocycles. The molecule has 0 saturated heterocycles. The van der Waals surface area contributed by atoms with Crippen molar-refractivity contribution in [1.29, 1.82) is 0 Å². The van der Waals surface area contributed by atoms with E-state index in [1.165, 1.54) is 31.2 Å². The van der Waals surface area contributed by atoms with E-state index >= 15 is 0 Å². The fourth-order valence-corrected chi connectivity index (χ4v) is 4.39. The molecule has 0 unspecified atom stereocenters. The van der Waals surface area contributed by atoms with E-state index in [9.17, 15) is 0 Å². The van der Waals surface area contributed by atoms with E-state index in [1.54, 1.807) is 0 Å². The third-order valence-electron chi connectivity index (χ3n) is 6.50. The van der Waals surface area contributed by atoms with Crippen LogP contribution in [0.1, 0.15) is 57.6 Å². The maximum absolute atomic E-state index is 4.86. The Hall–Kier alpha value is -3.48. The zero-order valence-corrected chi connectivity index (χ0v) is 19.3. The molecule has 0 amide bonds. The number of pyridine rings is 1. The van der Waals surface area contributed by atoms with E-state index in [-0.39, 0.29) is 0 Å². The molecule has 3 heterocycles. The molecular formula is C26H31N7. The zero-order valence-electron chi connectivity index (χ0n) is 19.3. The number of nitrogens with one attached hydrogen (secondary N) is 2. The lowest BCUT2D eigenvalue weighted by Crippen LogP contribution is -2.17. The summed E-state index contributed by atoms with van der Waals surface area (Å²) < 4.78 is 2.25. The lowest BCUT2D eigenvalue weighted by Gasteiger charge is -2.16. The van der Waals surface area contributed by atoms with Crippen LogP contribution >= 0.6 is 0 Å². The number of imidazole rings is 1. The maximum Gasteiger partial charge on any atom is 0.226 e. The molecular weight excluding hydrogens is 410 g/mol. The van der Waals surface area contributed by atoms with Crippen LogP contribution < -0.4 is 10.6 Å². The predicted octanol–water partition coefficient (Wildman–Crippen LogP) is 5.83. The Bertz CT molecular complexity index is 1190. The van der Waals surface area contributed by atoms with Gasteiger partial charge in [0.15, 0.2) is 17.0 Å². The minimum atomic E-state index is 0.303. The average molecular weight is 442 g/mol. The van der Waals surface area contributed by atoms with Crippen molar-refractivity contribution in [2.24, 2.45) is 0 Å². The highest BCUT2D eigenvalue weighted by atomic mass is 15.2. The number of anilines is 2. The van der Waals surface area contributed by atoms with Crippen LogP contribution in [0.5, 0.6) is 0 Å². The van der Waals surface area contributed by atoms with Crippen molar-refractivity contribution in [3.8, 4) is 11.3 Å². The first-order valence-corrected chi connectivity index (χ1v) is 12.0. The van der Waals surface area contributed by atoms with Gasteiger partial charge in [-0.2, -0.15) is 9.97 Å². The first-order chi connectivity index (χ1) is 16.2. The number of rotatable bonds is 8. The van der Waals surface area contributed by atoms with Gasteiger partial charge in [0.25, 0.3) is 0 Å². The monoisotopic (exact) mass is 441 g/mol. The van der Waals surface area contributed by atoms with Crippen molar-refractivity contribution in [1.82, 2.24) is 24.5 Å². The Morgan fingerprint density at radius 1 is 1.03 bits per heavy atom. The van der Waals surface area contributed by atoms with Crippen molar-refractivity contribution in [3.63, 3.8) is 0 Å². The van der Waals surface area contributed by atoms with E-state index in [0.29, 0.717) is 24.6 Å². The van der Waals surface area contributed by atoms with Gasteiger partial charge in [0.05, 0.1) is 12.0 Å². The minimum absolute atomic E-state index is 0.303. The zero-order chi connectivity index (χ0) is 22.6. The average Bonchev–Trinajstić information content (AvgIpc) is 3.53. The van der Waals surface area contributed by atoms with Gasteiger partial charge in [0, 0.05) is 30.4 Å². The summed E-state index contributed by atoms with van der Waals surface area (Å²) >= 11 is 0. The Balaban J connectivity index is 1.40. The van der Waals surface area contributed by atoms with E-state index in [1.807, 2.05) is 30.7 Å². The number of hydrogen-bond donors (Lipinski definition) is 2. The number of fused-ring (bicyclic) bond motifs is 1. The van der Waals surface area contributed by atoms with E-state index in [4.69, 9.17) is 15.0 Å². The van der Waals surface area contributed by atoms with Crippen LogP contribution in [0.15, 0.2) is 55.0 Å². The van der Waals surface area contributed by atoms with Crippen LogP contribution in [0, 0.1) is 0 Å². The Morgan fingerprint density at radius 2 is 1.85 bits per heavy atom. The van der Waals surface area contributed by atoms with Gasteiger partial charge in [0.1, 0.15) is 0 Å². The first kappa shape index (κ1) is 21.4. The van der Waals surface area contributed by atoms with Crippen LogP contribution in [0.25, 0.3) is 22.4 Å². The number of benzene rings is 1. The largest absolute Gasteiger partial charge is 0.364 e. The SMILES string of the molecule is CC[C@@H](C)Nc1nc(NCc2ccc(-c3ccccn3)cc2)c2ncn(C3CCCC3)c2n1. The van der Waals surface area contributed by atoms with Crippen LogP contribution in [-0.2, 0) is 6.54 Å². The molecule has 2 N–H and O–H groups in total. The molecule has 7 heteroatoms. The van der Waals surface area contributed by atoms with Crippen LogP contribution in [0.3, 0.4) is 0 Å². The Morgan fingerprint density at radius 3 is 2.58 bits per heavy atom. The predicted molar refractivity (Wildman–Crippen MR) is 133 cm³/mol. The number of hydrogen-bond acceptors (Lipinski definition) is 6. The lowest BCUT2D eigenvalue weighted by atomic mass is 10.1. The molecule has 0 aliphatic heterocycles. The summed E-state index contributed by atoms with van der Waals surface area (Å²) in [6, 6.07) is 15.2. The van der Waals surface area contributed by atoms with Crippen molar-refractivity contribution in [2.45, 2.75) is 64.6 Å². The van der Waals surface area contributed by atoms with Gasteiger partial charge in [-0.15, -0.1) is 0 Å². The maximum atomic E-state index is 4.86. The molecule has 1 atom stereocenters. The minimum Gasteiger partial charge on any atom is -0.364 e. The van der Waals surface area contributed by atoms with Gasteiger partial charge in [-0.3, -0.25) is 4.98 Å². The molecule has 1 fully saturated rings. The first-order valence-electron chi connectivity index (χ1n) is 12.0. The normalized spacial score (nSPS) is 15.1. The lowest BCUT2D eigenvalue weighted by molar-refractivity contribution is 0.529. The molecule has 1 aromatic carbocycles. The third kappa shape index (κ3) is 4.67. The van der Waals surface area contributed by atoms with Crippen LogP contribution in [0.2, 0.25) is 0 Å². The highest BCUT2D eigenvalue weighted by Crippen LogP contribution is 2.33. The molecule has 4 aromatic rings. The van der Waals surface area contributed by atoms with Crippen LogP contribution in [0.4, 0.5) is 11.8 Å². The summed E-state index contributed by atoms with van der Waals surface area (Å²) in [5, 5.41) is 6.96. The molecule has 0 radical (unpaired) electrons. The standard InChI is InChI=1S/C26H31N7/c1-3-18(2)30-26-31-24(23-25(32-26)33(17-29-23)21-8-4-5-9-21)28-16-19-11-13-20(14-12-19)22-10-6-7-15-27-22/h6-7,10-15,17-18,21H,3-5,8-9,16H2,1-2H3,(H2,28,30,31,32)/t18-/m1/s1. The summed E-state index contributed by atoms with van der Waals surface area (Å²) in [6.07, 6.45) is 9.69. The van der Waals surface area contributed by atoms with Crippen LogP contribution in [-0.4, -0.2) is 30.5 Å². The molecule has 0 bridgehead atoms.